The van der Waals surface area contributed by atoms with E-state index in [2.05, 4.69) is 228 Å². The zero-order valence-electron chi connectivity index (χ0n) is 31.1. The zero-order chi connectivity index (χ0) is 37.7. The van der Waals surface area contributed by atoms with Crippen LogP contribution in [0.2, 0.25) is 0 Å². The predicted octanol–water partition coefficient (Wildman–Crippen LogP) is 15.6. The fourth-order valence-corrected chi connectivity index (χ4v) is 9.74. The molecule has 0 amide bonds. The average Bonchev–Trinajstić information content (AvgIpc) is 3.83. The monoisotopic (exact) mass is 744 g/mol. The predicted molar refractivity (Wildman–Crippen MR) is 245 cm³/mol. The molecule has 0 N–H and O–H groups in total. The second kappa shape index (κ2) is 13.8. The molecule has 11 aromatic rings. The number of aromatic nitrogens is 1. The summed E-state index contributed by atoms with van der Waals surface area (Å²) >= 11 is 1.88. The Morgan fingerprint density at radius 3 is 1.74 bits per heavy atom. The molecule has 57 heavy (non-hydrogen) atoms. The molecule has 2 heterocycles. The largest absolute Gasteiger partial charge is 0.310 e. The second-order valence-corrected chi connectivity index (χ2v) is 15.6. The third-order valence-corrected chi connectivity index (χ3v) is 12.4. The average molecular weight is 745 g/mol. The molecule has 9 aromatic carbocycles. The molecule has 0 aliphatic carbocycles. The molecule has 3 heteroatoms. The van der Waals surface area contributed by atoms with Crippen LogP contribution in [0.5, 0.6) is 0 Å². The van der Waals surface area contributed by atoms with E-state index in [1.807, 2.05) is 11.3 Å². The number of rotatable bonds is 7. The highest BCUT2D eigenvalue weighted by Crippen LogP contribution is 2.45. The minimum absolute atomic E-state index is 1.10. The van der Waals surface area contributed by atoms with E-state index in [0.717, 1.165) is 22.7 Å². The van der Waals surface area contributed by atoms with Crippen molar-refractivity contribution in [3.05, 3.63) is 218 Å². The molecule has 0 saturated carbocycles. The molecule has 268 valence electrons. The summed E-state index contributed by atoms with van der Waals surface area (Å²) in [5.41, 5.74) is 14.1. The van der Waals surface area contributed by atoms with Crippen LogP contribution in [-0.4, -0.2) is 4.57 Å². The summed E-state index contributed by atoms with van der Waals surface area (Å²) in [5, 5.41) is 5.09. The van der Waals surface area contributed by atoms with Crippen LogP contribution in [0.1, 0.15) is 0 Å². The minimum Gasteiger partial charge on any atom is -0.310 e. The van der Waals surface area contributed by atoms with Crippen LogP contribution < -0.4 is 4.90 Å². The van der Waals surface area contributed by atoms with Gasteiger partial charge in [-0.1, -0.05) is 140 Å². The quantitative estimate of drug-likeness (QED) is 0.158. The molecular weight excluding hydrogens is 709 g/mol. The van der Waals surface area contributed by atoms with Crippen LogP contribution in [0.25, 0.3) is 81.0 Å². The number of benzene rings is 9. The lowest BCUT2D eigenvalue weighted by Crippen LogP contribution is -2.10. The van der Waals surface area contributed by atoms with E-state index in [1.165, 1.54) is 75.4 Å². The molecule has 0 aliphatic rings. The summed E-state index contributed by atoms with van der Waals surface area (Å²) in [6, 6.07) is 79.4. The molecular formula is C54H36N2S. The SMILES string of the molecule is c1ccc(-c2ccc(N(c3ccccc3)c3cc(-c4ccc5c(c4)c4ccccc4n5-c4ccccc4)cc(-c4cccc5c4sc4ccccc45)c3)cc2)cc1. The Labute approximate surface area is 335 Å². The summed E-state index contributed by atoms with van der Waals surface area (Å²) in [7, 11) is 0. The molecule has 0 aliphatic heterocycles. The molecule has 0 atom stereocenters. The third-order valence-electron chi connectivity index (χ3n) is 11.2. The molecule has 11 rings (SSSR count). The Bertz CT molecular complexity index is 3220. The number of hydrogen-bond acceptors (Lipinski definition) is 2. The van der Waals surface area contributed by atoms with Crippen molar-refractivity contribution in [3.63, 3.8) is 0 Å². The first-order valence-corrected chi connectivity index (χ1v) is 20.2. The highest BCUT2D eigenvalue weighted by atomic mass is 32.1. The maximum Gasteiger partial charge on any atom is 0.0541 e. The summed E-state index contributed by atoms with van der Waals surface area (Å²) in [5.74, 6) is 0. The Morgan fingerprint density at radius 1 is 0.333 bits per heavy atom. The van der Waals surface area contributed by atoms with Gasteiger partial charge >= 0.3 is 0 Å². The van der Waals surface area contributed by atoms with Crippen molar-refractivity contribution in [1.29, 1.82) is 0 Å². The van der Waals surface area contributed by atoms with Gasteiger partial charge in [0.1, 0.15) is 0 Å². The van der Waals surface area contributed by atoms with Crippen LogP contribution in [-0.2, 0) is 0 Å². The summed E-state index contributed by atoms with van der Waals surface area (Å²) in [4.78, 5) is 2.40. The molecule has 0 radical (unpaired) electrons. The second-order valence-electron chi connectivity index (χ2n) is 14.6. The molecule has 2 aromatic heterocycles. The topological polar surface area (TPSA) is 8.17 Å². The van der Waals surface area contributed by atoms with E-state index in [4.69, 9.17) is 0 Å². The Hall–Kier alpha value is -7.20. The third kappa shape index (κ3) is 5.80. The number of hydrogen-bond donors (Lipinski definition) is 0. The standard InChI is InChI=1S/C54H36N2S/c1-4-15-37(16-5-1)38-27-30-44(31-28-38)55(42-17-6-2-7-18-42)45-34-40(33-41(35-45)46-23-14-24-49-48-22-11-13-26-53(48)57-54(46)49)39-29-32-52-50(36-39)47-21-10-12-25-51(47)56(52)43-19-8-3-9-20-43/h1-36H. The fraction of sp³-hybridized carbons (Fsp3) is 0. The van der Waals surface area contributed by atoms with E-state index in [1.54, 1.807) is 0 Å². The lowest BCUT2D eigenvalue weighted by atomic mass is 9.95. The number of para-hydroxylation sites is 3. The highest BCUT2D eigenvalue weighted by Gasteiger charge is 2.19. The van der Waals surface area contributed by atoms with Gasteiger partial charge in [-0.05, 0) is 112 Å². The maximum absolute atomic E-state index is 2.40. The number of nitrogens with zero attached hydrogens (tertiary/aromatic N) is 2. The van der Waals surface area contributed by atoms with Crippen LogP contribution in [0.3, 0.4) is 0 Å². The summed E-state index contributed by atoms with van der Waals surface area (Å²) in [6.07, 6.45) is 0. The first kappa shape index (κ1) is 33.2. The van der Waals surface area contributed by atoms with Crippen molar-refractivity contribution in [1.82, 2.24) is 4.57 Å². The van der Waals surface area contributed by atoms with Gasteiger partial charge in [-0.3, -0.25) is 0 Å². The van der Waals surface area contributed by atoms with Gasteiger partial charge in [-0.2, -0.15) is 0 Å². The molecule has 0 saturated heterocycles. The van der Waals surface area contributed by atoms with Gasteiger partial charge < -0.3 is 9.47 Å². The van der Waals surface area contributed by atoms with Crippen LogP contribution >= 0.6 is 11.3 Å². The Balaban J connectivity index is 1.15. The molecule has 0 unspecified atom stereocenters. The van der Waals surface area contributed by atoms with Crippen molar-refractivity contribution in [2.45, 2.75) is 0 Å². The first-order chi connectivity index (χ1) is 28.3. The number of anilines is 3. The van der Waals surface area contributed by atoms with Crippen LogP contribution in [0.15, 0.2) is 218 Å². The molecule has 0 spiro atoms. The Morgan fingerprint density at radius 2 is 0.930 bits per heavy atom. The number of fused-ring (bicyclic) bond motifs is 6. The minimum atomic E-state index is 1.10. The van der Waals surface area contributed by atoms with Crippen molar-refractivity contribution in [3.8, 4) is 39.1 Å². The fourth-order valence-electron chi connectivity index (χ4n) is 8.50. The van der Waals surface area contributed by atoms with Gasteiger partial charge in [0.15, 0.2) is 0 Å². The Kier molecular flexibility index (Phi) is 8.04. The molecule has 2 nitrogen and oxygen atoms in total. The highest BCUT2D eigenvalue weighted by molar-refractivity contribution is 7.26. The summed E-state index contributed by atoms with van der Waals surface area (Å²) in [6.45, 7) is 0. The van der Waals surface area contributed by atoms with Gasteiger partial charge in [0.2, 0.25) is 0 Å². The van der Waals surface area contributed by atoms with E-state index in [0.29, 0.717) is 0 Å². The van der Waals surface area contributed by atoms with Gasteiger partial charge in [0, 0.05) is 53.7 Å². The van der Waals surface area contributed by atoms with Gasteiger partial charge in [0.05, 0.1) is 11.0 Å². The van der Waals surface area contributed by atoms with Crippen molar-refractivity contribution >= 4 is 70.4 Å². The van der Waals surface area contributed by atoms with Crippen LogP contribution in [0, 0.1) is 0 Å². The molecule has 0 bridgehead atoms. The van der Waals surface area contributed by atoms with Gasteiger partial charge in [-0.15, -0.1) is 11.3 Å². The first-order valence-electron chi connectivity index (χ1n) is 19.4. The lowest BCUT2D eigenvalue weighted by Gasteiger charge is -2.27. The van der Waals surface area contributed by atoms with E-state index in [-0.39, 0.29) is 0 Å². The van der Waals surface area contributed by atoms with E-state index in [9.17, 15) is 0 Å². The van der Waals surface area contributed by atoms with Crippen molar-refractivity contribution < 1.29 is 0 Å². The lowest BCUT2D eigenvalue weighted by molar-refractivity contribution is 1.18. The van der Waals surface area contributed by atoms with E-state index < -0.39 is 0 Å². The zero-order valence-corrected chi connectivity index (χ0v) is 31.9. The van der Waals surface area contributed by atoms with Gasteiger partial charge in [0.25, 0.3) is 0 Å². The summed E-state index contributed by atoms with van der Waals surface area (Å²) < 4.78 is 5.00. The van der Waals surface area contributed by atoms with Crippen molar-refractivity contribution in [2.75, 3.05) is 4.90 Å². The smallest absolute Gasteiger partial charge is 0.0541 e. The molecule has 0 fully saturated rings. The van der Waals surface area contributed by atoms with E-state index >= 15 is 0 Å². The maximum atomic E-state index is 2.40. The number of thiophene rings is 1. The van der Waals surface area contributed by atoms with Crippen molar-refractivity contribution in [2.24, 2.45) is 0 Å². The van der Waals surface area contributed by atoms with Gasteiger partial charge in [-0.25, -0.2) is 0 Å². The van der Waals surface area contributed by atoms with Crippen LogP contribution in [0.4, 0.5) is 17.1 Å². The normalized spacial score (nSPS) is 11.5.